The molecule has 4 aromatic rings. The third kappa shape index (κ3) is 7.79. The average molecular weight is 572 g/mol. The molecule has 3 N–H and O–H groups in total. The van der Waals surface area contributed by atoms with Gasteiger partial charge in [0.15, 0.2) is 0 Å². The molecular formula is C28H21N5O9. The summed E-state index contributed by atoms with van der Waals surface area (Å²) >= 11 is 0. The largest absolute Gasteiger partial charge is 0.497 e. The minimum absolute atomic E-state index is 0.00783. The number of nitro benzene ring substituents is 4. The van der Waals surface area contributed by atoms with Crippen molar-refractivity contribution < 1.29 is 24.8 Å². The van der Waals surface area contributed by atoms with Crippen molar-refractivity contribution in [3.05, 3.63) is 148 Å². The van der Waals surface area contributed by atoms with Gasteiger partial charge in [-0.25, -0.2) is 0 Å². The highest BCUT2D eigenvalue weighted by Gasteiger charge is 2.30. The molecule has 0 saturated carbocycles. The van der Waals surface area contributed by atoms with Crippen LogP contribution in [-0.4, -0.2) is 24.8 Å². The minimum atomic E-state index is -1.21. The van der Waals surface area contributed by atoms with E-state index in [1.807, 2.05) is 78.9 Å². The number of phenols is 1. The van der Waals surface area contributed by atoms with Gasteiger partial charge in [-0.05, 0) is 28.8 Å². The fraction of sp³-hybridized carbons (Fsp3) is 0. The van der Waals surface area contributed by atoms with E-state index in [2.05, 4.69) is 0 Å². The normalized spacial score (nSPS) is 10.7. The number of hydrogen-bond acceptors (Lipinski definition) is 10. The van der Waals surface area contributed by atoms with Crippen LogP contribution < -0.4 is 5.73 Å². The van der Waals surface area contributed by atoms with Gasteiger partial charge in [-0.2, -0.15) is 0 Å². The first-order chi connectivity index (χ1) is 20.0. The van der Waals surface area contributed by atoms with E-state index < -0.39 is 42.5 Å². The van der Waals surface area contributed by atoms with E-state index in [0.29, 0.717) is 23.4 Å². The van der Waals surface area contributed by atoms with Gasteiger partial charge < -0.3 is 10.8 Å². The number of hydrogen-bond donors (Lipinski definition) is 2. The number of benzene rings is 4. The number of nitrogen functional groups attached to an aromatic ring is 1. The molecule has 0 heterocycles. The van der Waals surface area contributed by atoms with Crippen LogP contribution in [0.1, 0.15) is 22.3 Å². The number of anilines is 1. The predicted molar refractivity (Wildman–Crippen MR) is 156 cm³/mol. The second-order valence-corrected chi connectivity index (χ2v) is 8.39. The molecule has 0 aliphatic carbocycles. The summed E-state index contributed by atoms with van der Waals surface area (Å²) < 4.78 is 0. The van der Waals surface area contributed by atoms with Gasteiger partial charge >= 0.3 is 11.4 Å². The minimum Gasteiger partial charge on any atom is -0.497 e. The number of rotatable bonds is 8. The number of phenolic OH excluding ortho intramolecular Hbond substituents is 1. The summed E-state index contributed by atoms with van der Waals surface area (Å²) in [4.78, 5) is 38.7. The molecule has 212 valence electrons. The quantitative estimate of drug-likeness (QED) is 0.0993. The van der Waals surface area contributed by atoms with Crippen LogP contribution >= 0.6 is 0 Å². The third-order valence-corrected chi connectivity index (χ3v) is 5.60. The molecule has 0 radical (unpaired) electrons. The average Bonchev–Trinajstić information content (AvgIpc) is 2.96. The van der Waals surface area contributed by atoms with Gasteiger partial charge in [0.1, 0.15) is 0 Å². The van der Waals surface area contributed by atoms with Crippen LogP contribution in [0.15, 0.2) is 84.9 Å². The summed E-state index contributed by atoms with van der Waals surface area (Å²) in [5.74, 6) is -1.21. The van der Waals surface area contributed by atoms with E-state index in [1.54, 1.807) is 12.1 Å². The first-order valence-electron chi connectivity index (χ1n) is 11.8. The summed E-state index contributed by atoms with van der Waals surface area (Å²) in [5.41, 5.74) is 6.65. The number of nitro groups is 4. The van der Waals surface area contributed by atoms with E-state index >= 15 is 0 Å². The van der Waals surface area contributed by atoms with Crippen LogP contribution in [0, 0.1) is 40.5 Å². The SMILES string of the molecule is Nc1cc([N+](=O)[O-])c(/C=C/c2ccccc2)cc1/C=C/c1ccccc1.O=[N+]([O-])c1cc([N+](=O)[O-])c(O)c([N+](=O)[O-])c1. The summed E-state index contributed by atoms with van der Waals surface area (Å²) in [7, 11) is 0. The zero-order chi connectivity index (χ0) is 30.8. The molecule has 0 spiro atoms. The van der Waals surface area contributed by atoms with Gasteiger partial charge in [0.05, 0.1) is 37.4 Å². The van der Waals surface area contributed by atoms with Crippen molar-refractivity contribution in [1.29, 1.82) is 0 Å². The topological polar surface area (TPSA) is 219 Å². The van der Waals surface area contributed by atoms with Gasteiger partial charge in [-0.3, -0.25) is 40.5 Å². The second kappa shape index (κ2) is 13.6. The Kier molecular flexibility index (Phi) is 9.73. The summed E-state index contributed by atoms with van der Waals surface area (Å²) in [6.45, 7) is 0. The van der Waals surface area contributed by atoms with Crippen LogP contribution in [-0.2, 0) is 0 Å². The van der Waals surface area contributed by atoms with Crippen molar-refractivity contribution in [1.82, 2.24) is 0 Å². The lowest BCUT2D eigenvalue weighted by Crippen LogP contribution is -1.97. The van der Waals surface area contributed by atoms with Crippen molar-refractivity contribution >= 4 is 52.7 Å². The lowest BCUT2D eigenvalue weighted by atomic mass is 10.0. The molecular weight excluding hydrogens is 550 g/mol. The zero-order valence-corrected chi connectivity index (χ0v) is 21.5. The third-order valence-electron chi connectivity index (χ3n) is 5.60. The number of aromatic hydroxyl groups is 1. The molecule has 0 aromatic heterocycles. The Balaban J connectivity index is 0.000000260. The molecule has 4 rings (SSSR count). The maximum atomic E-state index is 11.4. The van der Waals surface area contributed by atoms with E-state index in [0.717, 1.165) is 16.7 Å². The van der Waals surface area contributed by atoms with Crippen molar-refractivity contribution in [3.8, 4) is 5.75 Å². The van der Waals surface area contributed by atoms with E-state index in [1.165, 1.54) is 6.07 Å². The molecule has 42 heavy (non-hydrogen) atoms. The van der Waals surface area contributed by atoms with E-state index in [-0.39, 0.29) is 5.69 Å². The molecule has 0 aliphatic heterocycles. The van der Waals surface area contributed by atoms with Crippen LogP contribution in [0.2, 0.25) is 0 Å². The highest BCUT2D eigenvalue weighted by atomic mass is 16.6. The lowest BCUT2D eigenvalue weighted by Gasteiger charge is -2.05. The summed E-state index contributed by atoms with van der Waals surface area (Å²) in [6.07, 6.45) is 7.40. The van der Waals surface area contributed by atoms with Gasteiger partial charge in [0.2, 0.25) is 0 Å². The summed E-state index contributed by atoms with van der Waals surface area (Å²) in [5, 5.41) is 51.6. The molecule has 0 amide bonds. The molecule has 0 aliphatic rings. The van der Waals surface area contributed by atoms with Crippen LogP contribution in [0.3, 0.4) is 0 Å². The van der Waals surface area contributed by atoms with Crippen molar-refractivity contribution in [2.75, 3.05) is 5.73 Å². The molecule has 0 unspecified atom stereocenters. The Hall–Kier alpha value is -6.44. The number of nitrogens with two attached hydrogens (primary N) is 1. The molecule has 14 heteroatoms. The van der Waals surface area contributed by atoms with Gasteiger partial charge in [0.25, 0.3) is 17.1 Å². The van der Waals surface area contributed by atoms with Crippen molar-refractivity contribution in [3.63, 3.8) is 0 Å². The fourth-order valence-electron chi connectivity index (χ4n) is 3.55. The highest BCUT2D eigenvalue weighted by Crippen LogP contribution is 2.39. The smallest absolute Gasteiger partial charge is 0.324 e. The Bertz CT molecular complexity index is 1670. The first-order valence-corrected chi connectivity index (χ1v) is 11.8. The molecule has 14 nitrogen and oxygen atoms in total. The molecule has 0 saturated heterocycles. The highest BCUT2D eigenvalue weighted by molar-refractivity contribution is 5.83. The predicted octanol–water partition coefficient (Wildman–Crippen LogP) is 6.63. The van der Waals surface area contributed by atoms with E-state index in [4.69, 9.17) is 10.8 Å². The molecule has 4 aromatic carbocycles. The monoisotopic (exact) mass is 571 g/mol. The standard InChI is InChI=1S/C22H18N2O2.C6H3N3O7/c23-21-16-22(24(25)26)20(14-12-18-9-5-2-6-10-18)15-19(21)13-11-17-7-3-1-4-8-17;10-6-4(8(13)14)1-3(7(11)12)2-5(6)9(15)16/h1-16H,23H2;1-2,10H/b13-11+,14-12+;. The molecule has 0 bridgehead atoms. The Morgan fingerprint density at radius 3 is 1.38 bits per heavy atom. The second-order valence-electron chi connectivity index (χ2n) is 8.39. The lowest BCUT2D eigenvalue weighted by molar-refractivity contribution is -0.404. The maximum Gasteiger partial charge on any atom is 0.324 e. The Morgan fingerprint density at radius 1 is 0.548 bits per heavy atom. The van der Waals surface area contributed by atoms with Gasteiger partial charge in [-0.15, -0.1) is 0 Å². The molecule has 0 fully saturated rings. The maximum absolute atomic E-state index is 11.4. The van der Waals surface area contributed by atoms with E-state index in [9.17, 15) is 40.5 Å². The van der Waals surface area contributed by atoms with Crippen LogP contribution in [0.4, 0.5) is 28.4 Å². The van der Waals surface area contributed by atoms with Crippen molar-refractivity contribution in [2.45, 2.75) is 0 Å². The zero-order valence-electron chi connectivity index (χ0n) is 21.5. The fourth-order valence-corrected chi connectivity index (χ4v) is 3.55. The van der Waals surface area contributed by atoms with Crippen LogP contribution in [0.25, 0.3) is 24.3 Å². The van der Waals surface area contributed by atoms with Gasteiger partial charge in [0, 0.05) is 11.8 Å². The number of non-ortho nitro benzene ring substituents is 1. The van der Waals surface area contributed by atoms with Crippen molar-refractivity contribution in [2.24, 2.45) is 0 Å². The number of nitrogens with zero attached hydrogens (tertiary/aromatic N) is 4. The Labute approximate surface area is 236 Å². The Morgan fingerprint density at radius 2 is 0.976 bits per heavy atom. The molecule has 0 atom stereocenters. The first kappa shape index (κ1) is 30.1. The van der Waals surface area contributed by atoms with Crippen LogP contribution in [0.5, 0.6) is 5.75 Å². The summed E-state index contributed by atoms with van der Waals surface area (Å²) in [6, 6.07) is 23.5. The van der Waals surface area contributed by atoms with Gasteiger partial charge in [-0.1, -0.05) is 78.9 Å².